The van der Waals surface area contributed by atoms with Gasteiger partial charge in [0.1, 0.15) is 24.0 Å². The SMILES string of the molecule is C=CCn1cnnc1SCC(=O)Nc1c(C#N)c(C)c(C)n1Cc1ccc(F)cc1. The first-order valence-electron chi connectivity index (χ1n) is 9.20. The van der Waals surface area contributed by atoms with Crippen molar-refractivity contribution in [2.75, 3.05) is 11.1 Å². The Morgan fingerprint density at radius 3 is 2.77 bits per heavy atom. The lowest BCUT2D eigenvalue weighted by atomic mass is 10.2. The molecule has 1 aromatic carbocycles. The molecule has 30 heavy (non-hydrogen) atoms. The number of anilines is 1. The van der Waals surface area contributed by atoms with Crippen LogP contribution in [0.15, 0.2) is 48.4 Å². The highest BCUT2D eigenvalue weighted by molar-refractivity contribution is 7.99. The van der Waals surface area contributed by atoms with Crippen molar-refractivity contribution in [2.24, 2.45) is 0 Å². The van der Waals surface area contributed by atoms with Gasteiger partial charge in [-0.1, -0.05) is 30.0 Å². The zero-order valence-electron chi connectivity index (χ0n) is 16.7. The monoisotopic (exact) mass is 424 g/mol. The van der Waals surface area contributed by atoms with E-state index in [0.717, 1.165) is 16.8 Å². The number of carbonyl (C=O) groups is 1. The van der Waals surface area contributed by atoms with Crippen molar-refractivity contribution in [2.45, 2.75) is 32.1 Å². The second-order valence-electron chi connectivity index (χ2n) is 6.65. The predicted octanol–water partition coefficient (Wildman–Crippen LogP) is 3.67. The number of nitrogens with zero attached hydrogens (tertiary/aromatic N) is 5. The summed E-state index contributed by atoms with van der Waals surface area (Å²) in [6, 6.07) is 8.33. The molecule has 0 spiro atoms. The van der Waals surface area contributed by atoms with Gasteiger partial charge in [0.05, 0.1) is 11.3 Å². The van der Waals surface area contributed by atoms with E-state index in [1.165, 1.54) is 23.9 Å². The zero-order valence-corrected chi connectivity index (χ0v) is 17.5. The number of benzene rings is 1. The van der Waals surface area contributed by atoms with Crippen molar-refractivity contribution in [1.29, 1.82) is 5.26 Å². The van der Waals surface area contributed by atoms with E-state index in [2.05, 4.69) is 28.2 Å². The van der Waals surface area contributed by atoms with E-state index in [1.807, 2.05) is 18.4 Å². The Morgan fingerprint density at radius 2 is 2.10 bits per heavy atom. The number of amides is 1. The van der Waals surface area contributed by atoms with Gasteiger partial charge in [-0.15, -0.1) is 16.8 Å². The lowest BCUT2D eigenvalue weighted by molar-refractivity contribution is -0.113. The Hall–Kier alpha value is -3.38. The van der Waals surface area contributed by atoms with Crippen LogP contribution in [-0.4, -0.2) is 31.0 Å². The molecule has 0 unspecified atom stereocenters. The molecular formula is C21H21FN6OS. The molecule has 3 rings (SSSR count). The van der Waals surface area contributed by atoms with E-state index in [9.17, 15) is 14.4 Å². The van der Waals surface area contributed by atoms with Crippen LogP contribution in [0.4, 0.5) is 10.2 Å². The van der Waals surface area contributed by atoms with Crippen molar-refractivity contribution in [3.63, 3.8) is 0 Å². The minimum Gasteiger partial charge on any atom is -0.326 e. The molecule has 7 nitrogen and oxygen atoms in total. The summed E-state index contributed by atoms with van der Waals surface area (Å²) in [4.78, 5) is 12.6. The Kier molecular flexibility index (Phi) is 6.69. The highest BCUT2D eigenvalue weighted by atomic mass is 32.2. The van der Waals surface area contributed by atoms with Gasteiger partial charge in [0.2, 0.25) is 5.91 Å². The number of carbonyl (C=O) groups excluding carboxylic acids is 1. The van der Waals surface area contributed by atoms with Crippen molar-refractivity contribution in [3.05, 3.63) is 71.4 Å². The number of nitriles is 1. The van der Waals surface area contributed by atoms with Crippen LogP contribution >= 0.6 is 11.8 Å². The van der Waals surface area contributed by atoms with Gasteiger partial charge in [-0.05, 0) is 37.1 Å². The summed E-state index contributed by atoms with van der Waals surface area (Å²) in [6.07, 6.45) is 3.30. The normalized spacial score (nSPS) is 10.6. The Balaban J connectivity index is 1.80. The lowest BCUT2D eigenvalue weighted by Crippen LogP contribution is -2.19. The number of thioether (sulfide) groups is 1. The molecule has 1 N–H and O–H groups in total. The fourth-order valence-corrected chi connectivity index (χ4v) is 3.74. The van der Waals surface area contributed by atoms with Gasteiger partial charge in [0.25, 0.3) is 0 Å². The van der Waals surface area contributed by atoms with Crippen LogP contribution in [0, 0.1) is 31.0 Å². The summed E-state index contributed by atoms with van der Waals surface area (Å²) in [5, 5.41) is 21.0. The van der Waals surface area contributed by atoms with E-state index < -0.39 is 0 Å². The summed E-state index contributed by atoms with van der Waals surface area (Å²) >= 11 is 1.25. The molecule has 0 aliphatic rings. The summed E-state index contributed by atoms with van der Waals surface area (Å²) in [6.45, 7) is 8.38. The fraction of sp³-hybridized carbons (Fsp3) is 0.238. The number of rotatable bonds is 8. The lowest BCUT2D eigenvalue weighted by Gasteiger charge is -2.13. The third-order valence-corrected chi connectivity index (χ3v) is 5.67. The van der Waals surface area contributed by atoms with Gasteiger partial charge in [-0.2, -0.15) is 5.26 Å². The second-order valence-corrected chi connectivity index (χ2v) is 7.59. The van der Waals surface area contributed by atoms with E-state index in [-0.39, 0.29) is 17.5 Å². The summed E-state index contributed by atoms with van der Waals surface area (Å²) in [5.41, 5.74) is 2.95. The Labute approximate surface area is 178 Å². The first-order chi connectivity index (χ1) is 14.4. The van der Waals surface area contributed by atoms with Gasteiger partial charge in [-0.25, -0.2) is 4.39 Å². The summed E-state index contributed by atoms with van der Waals surface area (Å²) in [7, 11) is 0. The van der Waals surface area contributed by atoms with Crippen molar-refractivity contribution < 1.29 is 9.18 Å². The fourth-order valence-electron chi connectivity index (χ4n) is 3.02. The van der Waals surface area contributed by atoms with E-state index in [1.54, 1.807) is 29.1 Å². The second kappa shape index (κ2) is 9.41. The number of hydrogen-bond donors (Lipinski definition) is 1. The average Bonchev–Trinajstić information content (AvgIpc) is 3.26. The highest BCUT2D eigenvalue weighted by Crippen LogP contribution is 2.28. The molecule has 0 bridgehead atoms. The number of halogens is 1. The maximum absolute atomic E-state index is 13.2. The molecule has 2 heterocycles. The molecule has 154 valence electrons. The third-order valence-electron chi connectivity index (χ3n) is 4.69. The third kappa shape index (κ3) is 4.60. The summed E-state index contributed by atoms with van der Waals surface area (Å²) < 4.78 is 16.9. The maximum Gasteiger partial charge on any atom is 0.235 e. The van der Waals surface area contributed by atoms with Crippen LogP contribution in [0.25, 0.3) is 0 Å². The molecule has 1 amide bonds. The van der Waals surface area contributed by atoms with Gasteiger partial charge >= 0.3 is 0 Å². The first-order valence-corrected chi connectivity index (χ1v) is 10.2. The predicted molar refractivity (Wildman–Crippen MR) is 114 cm³/mol. The van der Waals surface area contributed by atoms with E-state index in [0.29, 0.717) is 29.6 Å². The van der Waals surface area contributed by atoms with Crippen LogP contribution in [0.3, 0.4) is 0 Å². The maximum atomic E-state index is 13.2. The van der Waals surface area contributed by atoms with Crippen molar-refractivity contribution in [1.82, 2.24) is 19.3 Å². The first kappa shape index (κ1) is 21.3. The number of nitrogens with one attached hydrogen (secondary N) is 1. The average molecular weight is 425 g/mol. The largest absolute Gasteiger partial charge is 0.326 e. The molecule has 0 atom stereocenters. The van der Waals surface area contributed by atoms with Gasteiger partial charge < -0.3 is 14.5 Å². The molecule has 0 radical (unpaired) electrons. The molecule has 0 fully saturated rings. The molecular weight excluding hydrogens is 403 g/mol. The van der Waals surface area contributed by atoms with Gasteiger partial charge in [0.15, 0.2) is 5.16 Å². The quantitative estimate of drug-likeness (QED) is 0.440. The topological polar surface area (TPSA) is 88.5 Å². The molecule has 0 aliphatic heterocycles. The zero-order chi connectivity index (χ0) is 21.7. The number of hydrogen-bond acceptors (Lipinski definition) is 5. The van der Waals surface area contributed by atoms with Crippen LogP contribution in [0.1, 0.15) is 22.4 Å². The molecule has 9 heteroatoms. The molecule has 3 aromatic rings. The van der Waals surface area contributed by atoms with E-state index in [4.69, 9.17) is 0 Å². The molecule has 2 aromatic heterocycles. The summed E-state index contributed by atoms with van der Waals surface area (Å²) in [5.74, 6) is -0.0233. The molecule has 0 saturated heterocycles. The van der Waals surface area contributed by atoms with Crippen molar-refractivity contribution >= 4 is 23.5 Å². The number of aromatic nitrogens is 4. The van der Waals surface area contributed by atoms with E-state index >= 15 is 0 Å². The Morgan fingerprint density at radius 1 is 1.37 bits per heavy atom. The smallest absolute Gasteiger partial charge is 0.235 e. The minimum absolute atomic E-state index is 0.112. The highest BCUT2D eigenvalue weighted by Gasteiger charge is 2.20. The molecule has 0 aliphatic carbocycles. The van der Waals surface area contributed by atoms with Crippen LogP contribution in [-0.2, 0) is 17.9 Å². The van der Waals surface area contributed by atoms with Crippen LogP contribution in [0.2, 0.25) is 0 Å². The van der Waals surface area contributed by atoms with Crippen molar-refractivity contribution in [3.8, 4) is 6.07 Å². The van der Waals surface area contributed by atoms with Gasteiger partial charge in [-0.3, -0.25) is 4.79 Å². The minimum atomic E-state index is -0.313. The van der Waals surface area contributed by atoms with Gasteiger partial charge in [0, 0.05) is 18.8 Å². The van der Waals surface area contributed by atoms with Crippen LogP contribution in [0.5, 0.6) is 0 Å². The standard InChI is InChI=1S/C21H21FN6OS/c1-4-9-27-13-24-26-21(27)30-12-19(29)25-20-18(10-23)14(2)15(3)28(20)11-16-5-7-17(22)8-6-16/h4-8,13H,1,9,11-12H2,2-3H3,(H,25,29). The van der Waals surface area contributed by atoms with Crippen LogP contribution < -0.4 is 5.32 Å². The Bertz CT molecular complexity index is 1110. The number of allylic oxidation sites excluding steroid dienone is 1. The molecule has 0 saturated carbocycles.